The highest BCUT2D eigenvalue weighted by atomic mass is 32.2. The lowest BCUT2D eigenvalue weighted by molar-refractivity contribution is -0.142. The Morgan fingerprint density at radius 1 is 1.50 bits per heavy atom. The number of carbonyl (C=O) groups is 1. The van der Waals surface area contributed by atoms with E-state index in [1.54, 1.807) is 0 Å². The Morgan fingerprint density at radius 2 is 2.17 bits per heavy atom. The summed E-state index contributed by atoms with van der Waals surface area (Å²) in [6, 6.07) is 2.06. The number of hydrogen-bond acceptors (Lipinski definition) is 4. The highest BCUT2D eigenvalue weighted by Crippen LogP contribution is 2.46. The van der Waals surface area contributed by atoms with Gasteiger partial charge in [-0.3, -0.25) is 4.79 Å². The molecule has 1 N–H and O–H groups in total. The molecule has 18 heavy (non-hydrogen) atoms. The van der Waals surface area contributed by atoms with Crippen LogP contribution in [0.2, 0.25) is 0 Å². The lowest BCUT2D eigenvalue weighted by Gasteiger charge is -2.30. The summed E-state index contributed by atoms with van der Waals surface area (Å²) in [7, 11) is -3.51. The fourth-order valence-electron chi connectivity index (χ4n) is 2.28. The van der Waals surface area contributed by atoms with E-state index in [1.807, 2.05) is 0 Å². The van der Waals surface area contributed by atoms with Gasteiger partial charge in [-0.2, -0.15) is 5.26 Å². The van der Waals surface area contributed by atoms with Gasteiger partial charge < -0.3 is 5.11 Å². The number of nitriles is 1. The van der Waals surface area contributed by atoms with E-state index in [2.05, 4.69) is 6.07 Å². The molecule has 6 nitrogen and oxygen atoms in total. The maximum Gasteiger partial charge on any atom is 0.307 e. The first-order valence-electron chi connectivity index (χ1n) is 6.00. The fourth-order valence-corrected chi connectivity index (χ4v) is 4.32. The maximum absolute atomic E-state index is 12.2. The number of sulfonamides is 1. The van der Waals surface area contributed by atoms with Gasteiger partial charge in [0.15, 0.2) is 0 Å². The molecule has 2 fully saturated rings. The molecule has 0 bridgehead atoms. The third-order valence-electron chi connectivity index (χ3n) is 3.68. The van der Waals surface area contributed by atoms with Crippen molar-refractivity contribution in [2.75, 3.05) is 18.8 Å². The van der Waals surface area contributed by atoms with Gasteiger partial charge in [0.1, 0.15) is 0 Å². The van der Waals surface area contributed by atoms with Crippen molar-refractivity contribution in [3.63, 3.8) is 0 Å². The second-order valence-corrected chi connectivity index (χ2v) is 7.15. The molecule has 0 aromatic carbocycles. The van der Waals surface area contributed by atoms with E-state index in [0.717, 1.165) is 0 Å². The van der Waals surface area contributed by atoms with E-state index in [0.29, 0.717) is 32.2 Å². The molecule has 0 aromatic rings. The summed E-state index contributed by atoms with van der Waals surface area (Å²) in [6.45, 7) is 0.410. The van der Waals surface area contributed by atoms with Crippen LogP contribution < -0.4 is 0 Å². The van der Waals surface area contributed by atoms with Crippen LogP contribution in [-0.2, 0) is 14.8 Å². The normalized spacial score (nSPS) is 27.4. The van der Waals surface area contributed by atoms with E-state index in [-0.39, 0.29) is 12.3 Å². The largest absolute Gasteiger partial charge is 0.481 e. The summed E-state index contributed by atoms with van der Waals surface area (Å²) in [6.07, 6.45) is 2.33. The van der Waals surface area contributed by atoms with Crippen LogP contribution in [0.5, 0.6) is 0 Å². The zero-order chi connectivity index (χ0) is 13.4. The Morgan fingerprint density at radius 3 is 2.67 bits per heavy atom. The Hall–Kier alpha value is -1.13. The van der Waals surface area contributed by atoms with Gasteiger partial charge in [0.05, 0.1) is 23.2 Å². The van der Waals surface area contributed by atoms with E-state index >= 15 is 0 Å². The van der Waals surface area contributed by atoms with E-state index in [1.165, 1.54) is 4.31 Å². The van der Waals surface area contributed by atoms with Gasteiger partial charge >= 0.3 is 5.97 Å². The van der Waals surface area contributed by atoms with Crippen LogP contribution in [0.25, 0.3) is 0 Å². The predicted molar refractivity (Wildman–Crippen MR) is 63.0 cm³/mol. The molecule has 0 aromatic heterocycles. The average molecular weight is 272 g/mol. The molecule has 0 radical (unpaired) electrons. The summed E-state index contributed by atoms with van der Waals surface area (Å²) in [5.74, 6) is -1.73. The van der Waals surface area contributed by atoms with Crippen LogP contribution in [-0.4, -0.2) is 42.6 Å². The quantitative estimate of drug-likeness (QED) is 0.799. The molecular weight excluding hydrogens is 256 g/mol. The fraction of sp³-hybridized carbons (Fsp3) is 0.818. The Kier molecular flexibility index (Phi) is 3.34. The number of carboxylic acids is 1. The van der Waals surface area contributed by atoms with Gasteiger partial charge in [0.25, 0.3) is 0 Å². The SMILES string of the molecule is N#CC1(CS(=O)(=O)N2CCCC(C(=O)O)C2)CC1. The van der Waals surface area contributed by atoms with Crippen LogP contribution in [0, 0.1) is 22.7 Å². The topological polar surface area (TPSA) is 98.5 Å². The molecule has 1 aliphatic heterocycles. The molecule has 1 atom stereocenters. The molecule has 1 unspecified atom stereocenters. The van der Waals surface area contributed by atoms with E-state index in [9.17, 15) is 13.2 Å². The Balaban J connectivity index is 2.06. The van der Waals surface area contributed by atoms with Gasteiger partial charge in [-0.1, -0.05) is 0 Å². The van der Waals surface area contributed by atoms with Crippen molar-refractivity contribution in [3.05, 3.63) is 0 Å². The molecular formula is C11H16N2O4S. The number of piperidine rings is 1. The van der Waals surface area contributed by atoms with Gasteiger partial charge in [-0.25, -0.2) is 12.7 Å². The summed E-state index contributed by atoms with van der Waals surface area (Å²) >= 11 is 0. The average Bonchev–Trinajstić information content (AvgIpc) is 3.09. The van der Waals surface area contributed by atoms with Crippen molar-refractivity contribution in [3.8, 4) is 6.07 Å². The molecule has 1 saturated carbocycles. The zero-order valence-electron chi connectivity index (χ0n) is 10.0. The van der Waals surface area contributed by atoms with Crippen molar-refractivity contribution in [2.24, 2.45) is 11.3 Å². The molecule has 2 rings (SSSR count). The number of nitrogens with zero attached hydrogens (tertiary/aromatic N) is 2. The van der Waals surface area contributed by atoms with Crippen LogP contribution in [0.15, 0.2) is 0 Å². The lowest BCUT2D eigenvalue weighted by Crippen LogP contribution is -2.44. The Labute approximate surface area is 106 Å². The molecule has 2 aliphatic rings. The highest BCUT2D eigenvalue weighted by Gasteiger charge is 2.48. The second kappa shape index (κ2) is 4.52. The molecule has 7 heteroatoms. The van der Waals surface area contributed by atoms with Crippen molar-refractivity contribution in [1.82, 2.24) is 4.31 Å². The third kappa shape index (κ3) is 2.65. The molecule has 0 amide bonds. The maximum atomic E-state index is 12.2. The molecule has 1 saturated heterocycles. The number of aliphatic carboxylic acids is 1. The van der Waals surface area contributed by atoms with Crippen molar-refractivity contribution < 1.29 is 18.3 Å². The molecule has 1 aliphatic carbocycles. The minimum atomic E-state index is -3.51. The summed E-state index contributed by atoms with van der Waals surface area (Å²) in [5.41, 5.74) is -0.713. The number of carboxylic acid groups (broad SMARTS) is 1. The minimum absolute atomic E-state index is 0.0408. The van der Waals surface area contributed by atoms with Gasteiger partial charge in [0, 0.05) is 13.1 Å². The standard InChI is InChI=1S/C11H16N2O4S/c12-7-11(3-4-11)8-18(16,17)13-5-1-2-9(6-13)10(14)15/h9H,1-6,8H2,(H,14,15). The Bertz CT molecular complexity index is 490. The monoisotopic (exact) mass is 272 g/mol. The first-order chi connectivity index (χ1) is 8.38. The van der Waals surface area contributed by atoms with Gasteiger partial charge in [-0.05, 0) is 25.7 Å². The summed E-state index contributed by atoms with van der Waals surface area (Å²) in [4.78, 5) is 10.9. The van der Waals surface area contributed by atoms with Crippen LogP contribution >= 0.6 is 0 Å². The van der Waals surface area contributed by atoms with E-state index in [4.69, 9.17) is 10.4 Å². The second-order valence-electron chi connectivity index (χ2n) is 5.18. The first-order valence-corrected chi connectivity index (χ1v) is 7.61. The van der Waals surface area contributed by atoms with Crippen LogP contribution in [0.4, 0.5) is 0 Å². The highest BCUT2D eigenvalue weighted by molar-refractivity contribution is 7.89. The number of hydrogen-bond donors (Lipinski definition) is 1. The van der Waals surface area contributed by atoms with E-state index < -0.39 is 27.3 Å². The summed E-state index contributed by atoms with van der Waals surface area (Å²) in [5, 5.41) is 17.9. The van der Waals surface area contributed by atoms with Crippen LogP contribution in [0.1, 0.15) is 25.7 Å². The van der Waals surface area contributed by atoms with Gasteiger partial charge in [-0.15, -0.1) is 0 Å². The zero-order valence-corrected chi connectivity index (χ0v) is 10.8. The van der Waals surface area contributed by atoms with Crippen LogP contribution in [0.3, 0.4) is 0 Å². The smallest absolute Gasteiger partial charge is 0.307 e. The van der Waals surface area contributed by atoms with Gasteiger partial charge in [0.2, 0.25) is 10.0 Å². The molecule has 1 heterocycles. The molecule has 100 valence electrons. The van der Waals surface area contributed by atoms with Crippen molar-refractivity contribution >= 4 is 16.0 Å². The number of rotatable bonds is 4. The minimum Gasteiger partial charge on any atom is -0.481 e. The lowest BCUT2D eigenvalue weighted by atomic mass is 10.0. The predicted octanol–water partition coefficient (Wildman–Crippen LogP) is 0.417. The summed E-state index contributed by atoms with van der Waals surface area (Å²) < 4.78 is 25.5. The van der Waals surface area contributed by atoms with Crippen molar-refractivity contribution in [2.45, 2.75) is 25.7 Å². The molecule has 0 spiro atoms. The first kappa shape index (κ1) is 13.3. The third-order valence-corrected chi connectivity index (χ3v) is 5.71. The van der Waals surface area contributed by atoms with Crippen molar-refractivity contribution in [1.29, 1.82) is 5.26 Å².